The van der Waals surface area contributed by atoms with Crippen molar-refractivity contribution in [3.63, 3.8) is 0 Å². The SMILES string of the molecule is CC1CC=CC=C1C1=CC=CC(n2c3c(c4c5ccccc5ccc42)C=C2c4ccccc4N(c4nc5ccccc5nc4C4(C)C=CC=CC4)C2(C)C3)C1C. The molecule has 0 bridgehead atoms. The molecular weight excluding hydrogens is 681 g/mol. The Morgan fingerprint density at radius 2 is 1.54 bits per heavy atom. The van der Waals surface area contributed by atoms with Gasteiger partial charge in [0.1, 0.15) is 0 Å². The maximum atomic E-state index is 5.59. The van der Waals surface area contributed by atoms with Crippen LogP contribution in [-0.4, -0.2) is 20.1 Å². The molecule has 11 rings (SSSR count). The number of hydrogen-bond acceptors (Lipinski definition) is 3. The third kappa shape index (κ3) is 4.71. The van der Waals surface area contributed by atoms with E-state index in [2.05, 4.69) is 189 Å². The van der Waals surface area contributed by atoms with Crippen molar-refractivity contribution in [2.24, 2.45) is 11.8 Å². The second-order valence-corrected chi connectivity index (χ2v) is 17.0. The molecule has 0 spiro atoms. The minimum absolute atomic E-state index is 0.159. The Balaban J connectivity index is 1.16. The molecule has 5 aliphatic rings. The van der Waals surface area contributed by atoms with Crippen molar-refractivity contribution in [1.82, 2.24) is 14.5 Å². The van der Waals surface area contributed by atoms with Crippen molar-refractivity contribution in [2.75, 3.05) is 4.90 Å². The summed E-state index contributed by atoms with van der Waals surface area (Å²) in [6, 6.07) is 31.2. The fourth-order valence-electron chi connectivity index (χ4n) is 10.6. The Morgan fingerprint density at radius 3 is 2.38 bits per heavy atom. The molecule has 274 valence electrons. The van der Waals surface area contributed by atoms with E-state index in [4.69, 9.17) is 9.97 Å². The number of anilines is 2. The van der Waals surface area contributed by atoms with Crippen LogP contribution in [0.2, 0.25) is 0 Å². The molecule has 0 amide bonds. The number of aromatic nitrogens is 3. The lowest BCUT2D eigenvalue weighted by Crippen LogP contribution is -2.46. The van der Waals surface area contributed by atoms with Gasteiger partial charge in [0.2, 0.25) is 0 Å². The van der Waals surface area contributed by atoms with Gasteiger partial charge in [0.15, 0.2) is 5.82 Å². The summed E-state index contributed by atoms with van der Waals surface area (Å²) in [4.78, 5) is 13.6. The summed E-state index contributed by atoms with van der Waals surface area (Å²) in [5.41, 5.74) is 12.9. The Morgan fingerprint density at radius 1 is 0.750 bits per heavy atom. The summed E-state index contributed by atoms with van der Waals surface area (Å²) in [6.45, 7) is 9.59. The van der Waals surface area contributed by atoms with Crippen molar-refractivity contribution in [2.45, 2.75) is 64.0 Å². The Kier molecular flexibility index (Phi) is 7.29. The molecule has 3 heterocycles. The van der Waals surface area contributed by atoms with Crippen LogP contribution in [0.4, 0.5) is 11.5 Å². The predicted molar refractivity (Wildman–Crippen MR) is 234 cm³/mol. The summed E-state index contributed by atoms with van der Waals surface area (Å²) in [5, 5.41) is 3.94. The van der Waals surface area contributed by atoms with Crippen molar-refractivity contribution in [1.29, 1.82) is 0 Å². The first-order valence-corrected chi connectivity index (χ1v) is 20.4. The molecule has 1 aliphatic heterocycles. The largest absolute Gasteiger partial charge is 0.336 e. The van der Waals surface area contributed by atoms with Gasteiger partial charge in [-0.1, -0.05) is 142 Å². The van der Waals surface area contributed by atoms with Gasteiger partial charge in [-0.15, -0.1) is 0 Å². The molecule has 0 saturated heterocycles. The van der Waals surface area contributed by atoms with E-state index in [0.29, 0.717) is 11.8 Å². The molecule has 0 saturated carbocycles. The average Bonchev–Trinajstić information content (AvgIpc) is 3.67. The van der Waals surface area contributed by atoms with Crippen LogP contribution in [0.25, 0.3) is 44.4 Å². The molecule has 56 heavy (non-hydrogen) atoms. The van der Waals surface area contributed by atoms with Gasteiger partial charge < -0.3 is 9.47 Å². The first-order valence-electron chi connectivity index (χ1n) is 20.4. The Bertz CT molecular complexity index is 2870. The van der Waals surface area contributed by atoms with Gasteiger partial charge in [0.05, 0.1) is 39.5 Å². The molecule has 6 aromatic rings. The number of benzene rings is 4. The van der Waals surface area contributed by atoms with Crippen molar-refractivity contribution in [3.8, 4) is 0 Å². The lowest BCUT2D eigenvalue weighted by Gasteiger charge is -2.42. The smallest absolute Gasteiger partial charge is 0.157 e. The first kappa shape index (κ1) is 33.3. The molecule has 2 aromatic heterocycles. The molecule has 0 fully saturated rings. The van der Waals surface area contributed by atoms with Gasteiger partial charge in [-0.25, -0.2) is 9.97 Å². The second-order valence-electron chi connectivity index (χ2n) is 17.0. The number of rotatable bonds is 4. The van der Waals surface area contributed by atoms with E-state index in [-0.39, 0.29) is 11.5 Å². The third-order valence-electron chi connectivity index (χ3n) is 13.6. The van der Waals surface area contributed by atoms with E-state index in [1.165, 1.54) is 60.9 Å². The van der Waals surface area contributed by atoms with Crippen LogP contribution in [-0.2, 0) is 11.8 Å². The standard InChI is InChI=1S/C52H46N4/c1-33-17-6-8-19-36(33)37-22-16-26-44(34(37)2)55-46-28-27-35-18-7-9-20-38(35)48(46)40-31-41-39-21-10-13-25-45(39)56(52(41,4)32-47(40)55)50-49(51(3)29-14-5-15-30-51)53-42-23-11-12-24-43(42)54-50/h5-16,18-29,31,33-34,44H,17,30,32H2,1-4H3. The van der Waals surface area contributed by atoms with E-state index in [1.807, 2.05) is 0 Å². The molecule has 0 radical (unpaired) electrons. The van der Waals surface area contributed by atoms with Gasteiger partial charge in [-0.05, 0) is 83.5 Å². The topological polar surface area (TPSA) is 34.0 Å². The zero-order chi connectivity index (χ0) is 37.8. The van der Waals surface area contributed by atoms with Gasteiger partial charge in [-0.2, -0.15) is 0 Å². The van der Waals surface area contributed by atoms with Crippen molar-refractivity contribution in [3.05, 3.63) is 179 Å². The quantitative estimate of drug-likeness (QED) is 0.181. The number of para-hydroxylation sites is 3. The van der Waals surface area contributed by atoms with Crippen LogP contribution in [0.15, 0.2) is 157 Å². The van der Waals surface area contributed by atoms with Crippen LogP contribution >= 0.6 is 0 Å². The second kappa shape index (κ2) is 12.2. The molecule has 0 N–H and O–H groups in total. The molecule has 4 aliphatic carbocycles. The van der Waals surface area contributed by atoms with Crippen molar-refractivity contribution >= 4 is 55.9 Å². The number of allylic oxidation sites excluding steroid dienone is 12. The third-order valence-corrected chi connectivity index (χ3v) is 13.6. The lowest BCUT2D eigenvalue weighted by atomic mass is 9.76. The van der Waals surface area contributed by atoms with Crippen LogP contribution < -0.4 is 4.90 Å². The average molecular weight is 727 g/mol. The Hall–Kier alpha value is -6.00. The highest BCUT2D eigenvalue weighted by Crippen LogP contribution is 2.58. The molecule has 4 heteroatoms. The minimum Gasteiger partial charge on any atom is -0.336 e. The molecule has 5 unspecified atom stereocenters. The fraction of sp³-hybridized carbons (Fsp3) is 0.231. The first-order chi connectivity index (χ1) is 27.3. The van der Waals surface area contributed by atoms with E-state index in [1.54, 1.807) is 0 Å². The van der Waals surface area contributed by atoms with Crippen LogP contribution in [0.1, 0.15) is 69.1 Å². The van der Waals surface area contributed by atoms with E-state index in [9.17, 15) is 0 Å². The van der Waals surface area contributed by atoms with Crippen LogP contribution in [0.5, 0.6) is 0 Å². The summed E-state index contributed by atoms with van der Waals surface area (Å²) < 4.78 is 2.72. The number of hydrogen-bond donors (Lipinski definition) is 0. The Labute approximate surface area is 329 Å². The van der Waals surface area contributed by atoms with E-state index >= 15 is 0 Å². The minimum atomic E-state index is -0.430. The molecule has 5 atom stereocenters. The van der Waals surface area contributed by atoms with E-state index in [0.717, 1.165) is 41.8 Å². The zero-order valence-electron chi connectivity index (χ0n) is 32.6. The molecular formula is C52H46N4. The number of nitrogens with zero attached hydrogens (tertiary/aromatic N) is 4. The zero-order valence-corrected chi connectivity index (χ0v) is 32.6. The highest BCUT2D eigenvalue weighted by atomic mass is 15.3. The lowest BCUT2D eigenvalue weighted by molar-refractivity contribution is 0.447. The van der Waals surface area contributed by atoms with E-state index < -0.39 is 5.54 Å². The highest BCUT2D eigenvalue weighted by Gasteiger charge is 2.51. The fourth-order valence-corrected chi connectivity index (χ4v) is 10.6. The summed E-state index contributed by atoms with van der Waals surface area (Å²) >= 11 is 0. The van der Waals surface area contributed by atoms with Crippen LogP contribution in [0.3, 0.4) is 0 Å². The van der Waals surface area contributed by atoms with Gasteiger partial charge >= 0.3 is 0 Å². The van der Waals surface area contributed by atoms with Crippen LogP contribution in [0, 0.1) is 11.8 Å². The van der Waals surface area contributed by atoms with Gasteiger partial charge in [0, 0.05) is 40.0 Å². The maximum Gasteiger partial charge on any atom is 0.157 e. The van der Waals surface area contributed by atoms with Gasteiger partial charge in [-0.3, -0.25) is 0 Å². The predicted octanol–water partition coefficient (Wildman–Crippen LogP) is 12.7. The molecule has 4 nitrogen and oxygen atoms in total. The maximum absolute atomic E-state index is 5.59. The van der Waals surface area contributed by atoms with Crippen molar-refractivity contribution < 1.29 is 0 Å². The summed E-state index contributed by atoms with van der Waals surface area (Å²) in [6.07, 6.45) is 28.3. The normalized spacial score (nSPS) is 26.3. The number of fused-ring (bicyclic) bond motifs is 9. The van der Waals surface area contributed by atoms with Gasteiger partial charge in [0.25, 0.3) is 0 Å². The monoisotopic (exact) mass is 726 g/mol. The summed E-state index contributed by atoms with van der Waals surface area (Å²) in [7, 11) is 0. The highest BCUT2D eigenvalue weighted by molar-refractivity contribution is 6.15. The summed E-state index contributed by atoms with van der Waals surface area (Å²) in [5.74, 6) is 1.75. The molecule has 4 aromatic carbocycles.